The molecular formula is C13H19FN2O2S. The van der Waals surface area contributed by atoms with Gasteiger partial charge in [-0.15, -0.1) is 0 Å². The summed E-state index contributed by atoms with van der Waals surface area (Å²) in [5.41, 5.74) is 0. The van der Waals surface area contributed by atoms with E-state index in [0.29, 0.717) is 6.54 Å². The van der Waals surface area contributed by atoms with Crippen molar-refractivity contribution in [2.75, 3.05) is 19.6 Å². The van der Waals surface area contributed by atoms with Gasteiger partial charge in [0.05, 0.1) is 4.90 Å². The molecule has 106 valence electrons. The third-order valence-electron chi connectivity index (χ3n) is 3.45. The molecule has 0 atom stereocenters. The number of benzene rings is 1. The lowest BCUT2D eigenvalue weighted by Crippen LogP contribution is -2.45. The van der Waals surface area contributed by atoms with E-state index in [1.165, 1.54) is 28.6 Å². The summed E-state index contributed by atoms with van der Waals surface area (Å²) in [6.45, 7) is 3.94. The Morgan fingerprint density at radius 3 is 2.37 bits per heavy atom. The fraction of sp³-hybridized carbons (Fsp3) is 0.538. The van der Waals surface area contributed by atoms with E-state index in [2.05, 4.69) is 5.32 Å². The summed E-state index contributed by atoms with van der Waals surface area (Å²) in [6, 6.07) is 5.05. The van der Waals surface area contributed by atoms with Crippen LogP contribution in [0.4, 0.5) is 4.39 Å². The highest BCUT2D eigenvalue weighted by Gasteiger charge is 2.30. The van der Waals surface area contributed by atoms with Crippen LogP contribution in [0.1, 0.15) is 19.8 Å². The Morgan fingerprint density at radius 1 is 1.26 bits per heavy atom. The van der Waals surface area contributed by atoms with Crippen LogP contribution in [0.2, 0.25) is 0 Å². The van der Waals surface area contributed by atoms with Gasteiger partial charge < -0.3 is 5.32 Å². The van der Waals surface area contributed by atoms with Crippen LogP contribution in [0.3, 0.4) is 0 Å². The summed E-state index contributed by atoms with van der Waals surface area (Å²) in [5, 5.41) is 3.22. The third kappa shape index (κ3) is 3.13. The lowest BCUT2D eigenvalue weighted by Gasteiger charge is -2.32. The van der Waals surface area contributed by atoms with Gasteiger partial charge in [0, 0.05) is 12.6 Å². The second-order valence-electron chi connectivity index (χ2n) is 4.64. The molecular weight excluding hydrogens is 267 g/mol. The smallest absolute Gasteiger partial charge is 0.243 e. The first-order valence-corrected chi connectivity index (χ1v) is 7.98. The van der Waals surface area contributed by atoms with Crippen molar-refractivity contribution in [3.05, 3.63) is 30.1 Å². The topological polar surface area (TPSA) is 49.4 Å². The molecule has 1 aliphatic heterocycles. The van der Waals surface area contributed by atoms with Crippen LogP contribution in [0.25, 0.3) is 0 Å². The molecule has 0 amide bonds. The van der Waals surface area contributed by atoms with Crippen molar-refractivity contribution in [3.8, 4) is 0 Å². The van der Waals surface area contributed by atoms with Gasteiger partial charge in [-0.1, -0.05) is 6.92 Å². The first-order chi connectivity index (χ1) is 9.05. The molecule has 0 aromatic heterocycles. The highest BCUT2D eigenvalue weighted by Crippen LogP contribution is 2.22. The summed E-state index contributed by atoms with van der Waals surface area (Å²) < 4.78 is 39.5. The number of piperidine rings is 1. The van der Waals surface area contributed by atoms with E-state index in [4.69, 9.17) is 0 Å². The van der Waals surface area contributed by atoms with Crippen LogP contribution in [0, 0.1) is 5.82 Å². The van der Waals surface area contributed by atoms with E-state index in [9.17, 15) is 12.8 Å². The summed E-state index contributed by atoms with van der Waals surface area (Å²) in [7, 11) is -3.53. The lowest BCUT2D eigenvalue weighted by atomic mass is 10.1. The number of nitrogens with one attached hydrogen (secondary N) is 1. The third-order valence-corrected chi connectivity index (χ3v) is 5.49. The van der Waals surface area contributed by atoms with Gasteiger partial charge in [0.25, 0.3) is 0 Å². The van der Waals surface area contributed by atoms with Crippen LogP contribution in [0.5, 0.6) is 0 Å². The molecule has 1 aromatic rings. The molecule has 1 fully saturated rings. The molecule has 1 aromatic carbocycles. The van der Waals surface area contributed by atoms with Crippen LogP contribution in [0.15, 0.2) is 29.2 Å². The van der Waals surface area contributed by atoms with Gasteiger partial charge in [-0.05, 0) is 50.2 Å². The Bertz CT molecular complexity index is 510. The molecule has 0 aliphatic carbocycles. The van der Waals surface area contributed by atoms with Crippen molar-refractivity contribution in [2.24, 2.45) is 0 Å². The molecule has 0 saturated carbocycles. The molecule has 4 nitrogen and oxygen atoms in total. The molecule has 1 saturated heterocycles. The molecule has 0 spiro atoms. The molecule has 1 N–H and O–H groups in total. The zero-order valence-corrected chi connectivity index (χ0v) is 11.8. The van der Waals surface area contributed by atoms with E-state index in [0.717, 1.165) is 25.9 Å². The Balaban J connectivity index is 2.27. The predicted octanol–water partition coefficient (Wildman–Crippen LogP) is 1.59. The van der Waals surface area contributed by atoms with Crippen molar-refractivity contribution in [3.63, 3.8) is 0 Å². The summed E-state index contributed by atoms with van der Waals surface area (Å²) >= 11 is 0. The monoisotopic (exact) mass is 286 g/mol. The molecule has 2 rings (SSSR count). The highest BCUT2D eigenvalue weighted by molar-refractivity contribution is 7.89. The Morgan fingerprint density at radius 2 is 1.84 bits per heavy atom. The van der Waals surface area contributed by atoms with Crippen LogP contribution < -0.4 is 5.32 Å². The summed E-state index contributed by atoms with van der Waals surface area (Å²) in [6.07, 6.45) is 1.63. The van der Waals surface area contributed by atoms with E-state index < -0.39 is 15.8 Å². The predicted molar refractivity (Wildman–Crippen MR) is 71.9 cm³/mol. The lowest BCUT2D eigenvalue weighted by molar-refractivity contribution is 0.271. The number of halogens is 1. The maximum atomic E-state index is 12.9. The average molecular weight is 286 g/mol. The zero-order chi connectivity index (χ0) is 13.9. The van der Waals surface area contributed by atoms with E-state index in [-0.39, 0.29) is 10.9 Å². The number of hydrogen-bond acceptors (Lipinski definition) is 3. The van der Waals surface area contributed by atoms with Crippen molar-refractivity contribution in [2.45, 2.75) is 30.7 Å². The molecule has 0 bridgehead atoms. The normalized spacial score (nSPS) is 17.8. The highest BCUT2D eigenvalue weighted by atomic mass is 32.2. The van der Waals surface area contributed by atoms with Crippen molar-refractivity contribution >= 4 is 10.0 Å². The quantitative estimate of drug-likeness (QED) is 0.914. The minimum atomic E-state index is -3.53. The second-order valence-corrected chi connectivity index (χ2v) is 6.53. The first-order valence-electron chi connectivity index (χ1n) is 6.54. The van der Waals surface area contributed by atoms with Crippen LogP contribution >= 0.6 is 0 Å². The van der Waals surface area contributed by atoms with Crippen molar-refractivity contribution in [1.82, 2.24) is 9.62 Å². The molecule has 0 unspecified atom stereocenters. The number of sulfonamides is 1. The molecule has 1 aliphatic rings. The first kappa shape index (κ1) is 14.4. The number of nitrogens with zero attached hydrogens (tertiary/aromatic N) is 1. The Kier molecular flexibility index (Phi) is 4.54. The van der Waals surface area contributed by atoms with E-state index in [1.807, 2.05) is 6.92 Å². The average Bonchev–Trinajstić information content (AvgIpc) is 2.41. The molecule has 19 heavy (non-hydrogen) atoms. The SMILES string of the molecule is CCN(C1CCNCC1)S(=O)(=O)c1ccc(F)cc1. The fourth-order valence-corrected chi connectivity index (χ4v) is 4.16. The fourth-order valence-electron chi connectivity index (χ4n) is 2.46. The number of hydrogen-bond donors (Lipinski definition) is 1. The summed E-state index contributed by atoms with van der Waals surface area (Å²) in [4.78, 5) is 0.161. The van der Waals surface area contributed by atoms with E-state index in [1.54, 1.807) is 0 Å². The zero-order valence-electron chi connectivity index (χ0n) is 11.0. The van der Waals surface area contributed by atoms with Gasteiger partial charge >= 0.3 is 0 Å². The van der Waals surface area contributed by atoms with Gasteiger partial charge in [0.1, 0.15) is 5.82 Å². The standard InChI is InChI=1S/C13H19FN2O2S/c1-2-16(12-7-9-15-10-8-12)19(17,18)13-5-3-11(14)4-6-13/h3-6,12,15H,2,7-10H2,1H3. The molecule has 0 radical (unpaired) electrons. The minimum absolute atomic E-state index is 0.0290. The second kappa shape index (κ2) is 5.98. The largest absolute Gasteiger partial charge is 0.317 e. The molecule has 1 heterocycles. The maximum absolute atomic E-state index is 12.9. The van der Waals surface area contributed by atoms with E-state index >= 15 is 0 Å². The van der Waals surface area contributed by atoms with Gasteiger partial charge in [-0.3, -0.25) is 0 Å². The van der Waals surface area contributed by atoms with Crippen molar-refractivity contribution in [1.29, 1.82) is 0 Å². The molecule has 6 heteroatoms. The maximum Gasteiger partial charge on any atom is 0.243 e. The van der Waals surface area contributed by atoms with Crippen LogP contribution in [-0.4, -0.2) is 38.4 Å². The van der Waals surface area contributed by atoms with Crippen molar-refractivity contribution < 1.29 is 12.8 Å². The summed E-state index contributed by atoms with van der Waals surface area (Å²) in [5.74, 6) is -0.427. The van der Waals surface area contributed by atoms with Gasteiger partial charge in [-0.25, -0.2) is 12.8 Å². The Labute approximate surface area is 113 Å². The Hall–Kier alpha value is -0.980. The number of rotatable bonds is 4. The van der Waals surface area contributed by atoms with Gasteiger partial charge in [0.2, 0.25) is 10.0 Å². The van der Waals surface area contributed by atoms with Gasteiger partial charge in [0.15, 0.2) is 0 Å². The van der Waals surface area contributed by atoms with Gasteiger partial charge in [-0.2, -0.15) is 4.31 Å². The van der Waals surface area contributed by atoms with Crippen LogP contribution in [-0.2, 0) is 10.0 Å². The minimum Gasteiger partial charge on any atom is -0.317 e.